The van der Waals surface area contributed by atoms with Crippen molar-refractivity contribution >= 4 is 23.2 Å². The van der Waals surface area contributed by atoms with Gasteiger partial charge in [-0.2, -0.15) is 0 Å². The summed E-state index contributed by atoms with van der Waals surface area (Å²) in [5.74, 6) is -1.28. The van der Waals surface area contributed by atoms with E-state index in [0.29, 0.717) is 10.6 Å². The van der Waals surface area contributed by atoms with Crippen molar-refractivity contribution in [3.05, 3.63) is 52.7 Å². The zero-order valence-electron chi connectivity index (χ0n) is 15.6. The molecule has 136 valence electrons. The minimum Gasteiger partial charge on any atom is -0.354 e. The average molecular weight is 372 g/mol. The van der Waals surface area contributed by atoms with Crippen LogP contribution >= 0.6 is 11.6 Å². The molecule has 0 N–H and O–H groups in total. The first-order valence-corrected chi connectivity index (χ1v) is 8.92. The molecule has 1 aliphatic heterocycles. The van der Waals surface area contributed by atoms with Crippen LogP contribution in [-0.2, 0) is 14.3 Å². The highest BCUT2D eigenvalue weighted by atomic mass is 35.5. The van der Waals surface area contributed by atoms with Gasteiger partial charge in [0.2, 0.25) is 0 Å². The summed E-state index contributed by atoms with van der Waals surface area (Å²) in [5, 5.41) is 0.555. The van der Waals surface area contributed by atoms with Gasteiger partial charge in [0.15, 0.2) is 11.6 Å². The fourth-order valence-electron chi connectivity index (χ4n) is 3.49. The molecular formula is C21H22ClNO3. The molecule has 1 saturated heterocycles. The number of carbonyl (C=O) groups is 2. The van der Waals surface area contributed by atoms with Crippen LogP contribution in [0.2, 0.25) is 5.02 Å². The van der Waals surface area contributed by atoms with E-state index in [4.69, 9.17) is 16.3 Å². The number of rotatable bonds is 2. The molecule has 0 bridgehead atoms. The Morgan fingerprint density at radius 3 is 2.15 bits per heavy atom. The number of ether oxygens (including phenoxy) is 1. The van der Waals surface area contributed by atoms with Crippen LogP contribution in [0.15, 0.2) is 36.5 Å². The highest BCUT2D eigenvalue weighted by Gasteiger charge is 2.53. The van der Waals surface area contributed by atoms with E-state index in [2.05, 4.69) is 4.98 Å². The number of carbonyl (C=O) groups excluding carboxylic acids is 2. The molecule has 26 heavy (non-hydrogen) atoms. The molecule has 0 spiro atoms. The molecule has 1 aliphatic rings. The van der Waals surface area contributed by atoms with Crippen molar-refractivity contribution in [2.24, 2.45) is 0 Å². The molecule has 3 rings (SSSR count). The van der Waals surface area contributed by atoms with Gasteiger partial charge in [-0.25, -0.2) is 0 Å². The van der Waals surface area contributed by atoms with Crippen LogP contribution in [0, 0.1) is 6.92 Å². The molecule has 0 aliphatic carbocycles. The monoisotopic (exact) mass is 371 g/mol. The highest BCUT2D eigenvalue weighted by Crippen LogP contribution is 2.40. The van der Waals surface area contributed by atoms with Crippen LogP contribution < -0.4 is 0 Å². The molecule has 0 atom stereocenters. The van der Waals surface area contributed by atoms with E-state index < -0.39 is 17.1 Å². The maximum atomic E-state index is 13.0. The number of hydrogen-bond acceptors (Lipinski definition) is 4. The van der Waals surface area contributed by atoms with E-state index in [0.717, 1.165) is 16.8 Å². The summed E-state index contributed by atoms with van der Waals surface area (Å²) in [4.78, 5) is 30.4. The van der Waals surface area contributed by atoms with Gasteiger partial charge in [0.05, 0.1) is 10.7 Å². The fourth-order valence-corrected chi connectivity index (χ4v) is 3.60. The number of pyridine rings is 1. The van der Waals surface area contributed by atoms with Crippen LogP contribution in [-0.4, -0.2) is 27.8 Å². The molecule has 1 fully saturated rings. The zero-order valence-corrected chi connectivity index (χ0v) is 16.3. The van der Waals surface area contributed by atoms with Crippen LogP contribution in [0.5, 0.6) is 0 Å². The van der Waals surface area contributed by atoms with Crippen molar-refractivity contribution in [1.82, 2.24) is 4.98 Å². The van der Waals surface area contributed by atoms with E-state index in [1.165, 1.54) is 0 Å². The predicted molar refractivity (Wildman–Crippen MR) is 101 cm³/mol. The zero-order chi connectivity index (χ0) is 19.3. The number of aromatic nitrogens is 1. The number of hydrogen-bond donors (Lipinski definition) is 0. The normalized spacial score (nSPS) is 19.6. The first-order chi connectivity index (χ1) is 12.0. The predicted octanol–water partition coefficient (Wildman–Crippen LogP) is 4.52. The third kappa shape index (κ3) is 3.19. The quantitative estimate of drug-likeness (QED) is 0.728. The summed E-state index contributed by atoms with van der Waals surface area (Å²) < 4.78 is 5.78. The molecule has 1 aromatic heterocycles. The second-order valence-corrected chi connectivity index (χ2v) is 8.15. The van der Waals surface area contributed by atoms with Crippen molar-refractivity contribution in [2.45, 2.75) is 51.7 Å². The fraction of sp³-hybridized carbons (Fsp3) is 0.381. The smallest absolute Gasteiger partial charge is 0.179 e. The molecule has 2 heterocycles. The van der Waals surface area contributed by atoms with E-state index in [1.807, 2.05) is 31.2 Å². The number of Topliss-reactive ketones (excluding diaryl/α,β-unsaturated/α-hetero) is 2. The van der Waals surface area contributed by atoms with Gasteiger partial charge in [-0.3, -0.25) is 14.6 Å². The van der Waals surface area contributed by atoms with E-state index in [1.54, 1.807) is 40.0 Å². The molecule has 2 aromatic rings. The van der Waals surface area contributed by atoms with Crippen molar-refractivity contribution < 1.29 is 14.3 Å². The van der Waals surface area contributed by atoms with Crippen molar-refractivity contribution in [2.75, 3.05) is 0 Å². The first kappa shape index (κ1) is 18.7. The SMILES string of the molecule is Cc1ccc(-c2ccc(Cl)cn2)cc1C1C(=O)C(C)(C)OC(C)(C)C1=O. The van der Waals surface area contributed by atoms with Crippen molar-refractivity contribution in [3.8, 4) is 11.3 Å². The molecule has 1 aromatic carbocycles. The topological polar surface area (TPSA) is 56.3 Å². The van der Waals surface area contributed by atoms with Crippen LogP contribution in [0.1, 0.15) is 44.7 Å². The molecule has 0 amide bonds. The standard InChI is InChI=1S/C21H22ClNO3/c1-12-6-7-13(16-9-8-14(22)11-23-16)10-15(12)17-18(24)20(2,3)26-21(4,5)19(17)25/h6-11,17H,1-5H3. The van der Waals surface area contributed by atoms with Crippen LogP contribution in [0.3, 0.4) is 0 Å². The minimum absolute atomic E-state index is 0.217. The van der Waals surface area contributed by atoms with Crippen LogP contribution in [0.25, 0.3) is 11.3 Å². The number of halogens is 1. The Morgan fingerprint density at radius 2 is 1.62 bits per heavy atom. The van der Waals surface area contributed by atoms with E-state index in [-0.39, 0.29) is 11.6 Å². The summed E-state index contributed by atoms with van der Waals surface area (Å²) in [6, 6.07) is 9.30. The van der Waals surface area contributed by atoms with Gasteiger partial charge in [0.25, 0.3) is 0 Å². The number of ketones is 2. The molecule has 4 nitrogen and oxygen atoms in total. The van der Waals surface area contributed by atoms with Gasteiger partial charge in [-0.1, -0.05) is 23.7 Å². The Kier molecular flexibility index (Phi) is 4.53. The maximum Gasteiger partial charge on any atom is 0.179 e. The van der Waals surface area contributed by atoms with Crippen molar-refractivity contribution in [3.63, 3.8) is 0 Å². The number of aryl methyl sites for hydroxylation is 1. The summed E-state index contributed by atoms with van der Waals surface area (Å²) in [5.41, 5.74) is 1.12. The lowest BCUT2D eigenvalue weighted by Gasteiger charge is -2.43. The third-order valence-electron chi connectivity index (χ3n) is 4.83. The highest BCUT2D eigenvalue weighted by molar-refractivity contribution is 6.30. The van der Waals surface area contributed by atoms with Gasteiger partial charge < -0.3 is 4.74 Å². The Bertz CT molecular complexity index is 859. The van der Waals surface area contributed by atoms with Crippen molar-refractivity contribution in [1.29, 1.82) is 0 Å². The van der Waals surface area contributed by atoms with Gasteiger partial charge in [0.1, 0.15) is 17.1 Å². The molecule has 0 radical (unpaired) electrons. The van der Waals surface area contributed by atoms with Gasteiger partial charge in [0, 0.05) is 11.8 Å². The number of benzene rings is 1. The average Bonchev–Trinajstić information content (AvgIpc) is 2.55. The van der Waals surface area contributed by atoms with Gasteiger partial charge in [-0.15, -0.1) is 0 Å². The maximum absolute atomic E-state index is 13.0. The Balaban J connectivity index is 2.13. The van der Waals surface area contributed by atoms with E-state index in [9.17, 15) is 9.59 Å². The summed E-state index contributed by atoms with van der Waals surface area (Å²) in [6.45, 7) is 8.78. The summed E-state index contributed by atoms with van der Waals surface area (Å²) in [6.07, 6.45) is 1.58. The largest absolute Gasteiger partial charge is 0.354 e. The molecule has 5 heteroatoms. The van der Waals surface area contributed by atoms with E-state index >= 15 is 0 Å². The van der Waals surface area contributed by atoms with Gasteiger partial charge >= 0.3 is 0 Å². The second kappa shape index (κ2) is 6.29. The number of nitrogens with zero attached hydrogens (tertiary/aromatic N) is 1. The Hall–Kier alpha value is -2.04. The lowest BCUT2D eigenvalue weighted by atomic mass is 9.74. The third-order valence-corrected chi connectivity index (χ3v) is 5.06. The molecular weight excluding hydrogens is 350 g/mol. The second-order valence-electron chi connectivity index (χ2n) is 7.72. The summed E-state index contributed by atoms with van der Waals surface area (Å²) in [7, 11) is 0. The summed E-state index contributed by atoms with van der Waals surface area (Å²) >= 11 is 5.91. The lowest BCUT2D eigenvalue weighted by molar-refractivity contribution is -0.184. The lowest BCUT2D eigenvalue weighted by Crippen LogP contribution is -2.58. The molecule has 0 saturated carbocycles. The first-order valence-electron chi connectivity index (χ1n) is 8.54. The van der Waals surface area contributed by atoms with Gasteiger partial charge in [-0.05, 0) is 63.9 Å². The van der Waals surface area contributed by atoms with Crippen LogP contribution in [0.4, 0.5) is 0 Å². The Morgan fingerprint density at radius 1 is 1.00 bits per heavy atom. The molecule has 0 unspecified atom stereocenters. The Labute approximate surface area is 158 Å². The minimum atomic E-state index is -1.02.